The lowest BCUT2D eigenvalue weighted by Gasteiger charge is -1.71. The third-order valence-electron chi connectivity index (χ3n) is 0.877. The Morgan fingerprint density at radius 2 is 2.38 bits per heavy atom. The number of rotatable bonds is 1. The van der Waals surface area contributed by atoms with Gasteiger partial charge in [-0.05, 0) is 10.8 Å². The lowest BCUT2D eigenvalue weighted by atomic mass is 10.1. The van der Waals surface area contributed by atoms with Crippen molar-refractivity contribution in [1.82, 2.24) is 0 Å². The van der Waals surface area contributed by atoms with Gasteiger partial charge in [-0.1, -0.05) is 6.07 Å². The standard InChI is InChI=1S/C5H5BOS/c6-5-2-1-4(3-7)8-5/h1-3H,6H2. The highest BCUT2D eigenvalue weighted by Gasteiger charge is 1.89. The molecule has 0 fully saturated rings. The monoisotopic (exact) mass is 124 g/mol. The van der Waals surface area contributed by atoms with Crippen LogP contribution in [-0.2, 0) is 0 Å². The largest absolute Gasteiger partial charge is 0.297 e. The number of hydrogen-bond acceptors (Lipinski definition) is 2. The van der Waals surface area contributed by atoms with E-state index in [1.54, 1.807) is 0 Å². The van der Waals surface area contributed by atoms with Gasteiger partial charge in [0.2, 0.25) is 0 Å². The molecule has 1 nitrogen and oxygen atoms in total. The van der Waals surface area contributed by atoms with E-state index in [-0.39, 0.29) is 0 Å². The van der Waals surface area contributed by atoms with Crippen molar-refractivity contribution >= 4 is 30.2 Å². The molecule has 0 bridgehead atoms. The molecule has 0 aromatic carbocycles. The minimum atomic E-state index is 0.808. The van der Waals surface area contributed by atoms with Crippen LogP contribution >= 0.6 is 11.3 Å². The van der Waals surface area contributed by atoms with Crippen LogP contribution in [0.15, 0.2) is 12.1 Å². The first-order valence-corrected chi connectivity index (χ1v) is 3.16. The van der Waals surface area contributed by atoms with E-state index in [1.807, 2.05) is 20.0 Å². The van der Waals surface area contributed by atoms with Crippen molar-refractivity contribution in [3.8, 4) is 0 Å². The lowest BCUT2D eigenvalue weighted by molar-refractivity contribution is 0.112. The van der Waals surface area contributed by atoms with Gasteiger partial charge in [0.1, 0.15) is 0 Å². The van der Waals surface area contributed by atoms with Gasteiger partial charge in [0, 0.05) is 0 Å². The van der Waals surface area contributed by atoms with Crippen LogP contribution < -0.4 is 4.78 Å². The number of aldehydes is 1. The van der Waals surface area contributed by atoms with Crippen LogP contribution in [0.1, 0.15) is 9.67 Å². The molecule has 3 heteroatoms. The first-order valence-electron chi connectivity index (χ1n) is 2.34. The van der Waals surface area contributed by atoms with E-state index in [4.69, 9.17) is 0 Å². The highest BCUT2D eigenvalue weighted by molar-refractivity contribution is 7.21. The molecule has 0 spiro atoms. The highest BCUT2D eigenvalue weighted by atomic mass is 32.1. The van der Waals surface area contributed by atoms with Crippen LogP contribution in [0.25, 0.3) is 0 Å². The first kappa shape index (κ1) is 5.57. The van der Waals surface area contributed by atoms with E-state index in [1.165, 1.54) is 16.1 Å². The molecule has 1 aromatic heterocycles. The molecule has 0 unspecified atom stereocenters. The maximum Gasteiger partial charge on any atom is 0.159 e. The second-order valence-corrected chi connectivity index (χ2v) is 2.89. The molecule has 0 aliphatic heterocycles. The Kier molecular flexibility index (Phi) is 1.49. The first-order chi connectivity index (χ1) is 3.83. The van der Waals surface area contributed by atoms with Gasteiger partial charge in [0.25, 0.3) is 0 Å². The Hall–Kier alpha value is -0.565. The summed E-state index contributed by atoms with van der Waals surface area (Å²) < 4.78 is 1.19. The van der Waals surface area contributed by atoms with Gasteiger partial charge in [-0.15, -0.1) is 11.3 Å². The van der Waals surface area contributed by atoms with Gasteiger partial charge in [0.15, 0.2) is 14.1 Å². The fraction of sp³-hybridized carbons (Fsp3) is 0. The van der Waals surface area contributed by atoms with Crippen molar-refractivity contribution in [2.45, 2.75) is 0 Å². The van der Waals surface area contributed by atoms with Crippen molar-refractivity contribution in [1.29, 1.82) is 0 Å². The van der Waals surface area contributed by atoms with E-state index in [9.17, 15) is 4.79 Å². The fourth-order valence-electron chi connectivity index (χ4n) is 0.517. The highest BCUT2D eigenvalue weighted by Crippen LogP contribution is 1.99. The second kappa shape index (κ2) is 2.14. The summed E-state index contributed by atoms with van der Waals surface area (Å²) in [5.74, 6) is 0. The van der Waals surface area contributed by atoms with Crippen molar-refractivity contribution in [2.75, 3.05) is 0 Å². The van der Waals surface area contributed by atoms with Gasteiger partial charge < -0.3 is 0 Å². The molecule has 0 N–H and O–H groups in total. The van der Waals surface area contributed by atoms with Gasteiger partial charge in [-0.2, -0.15) is 0 Å². The molecule has 0 aliphatic carbocycles. The maximum absolute atomic E-state index is 10.0. The van der Waals surface area contributed by atoms with Crippen molar-refractivity contribution < 1.29 is 4.79 Å². The zero-order chi connectivity index (χ0) is 5.98. The van der Waals surface area contributed by atoms with Crippen LogP contribution in [0.4, 0.5) is 0 Å². The van der Waals surface area contributed by atoms with Gasteiger partial charge in [0.05, 0.1) is 4.88 Å². The van der Waals surface area contributed by atoms with Crippen molar-refractivity contribution in [2.24, 2.45) is 0 Å². The molecule has 0 saturated heterocycles. The minimum absolute atomic E-state index is 0.808. The van der Waals surface area contributed by atoms with E-state index < -0.39 is 0 Å². The number of carbonyl (C=O) groups excluding carboxylic acids is 1. The van der Waals surface area contributed by atoms with Crippen LogP contribution in [0.5, 0.6) is 0 Å². The summed E-state index contributed by atoms with van der Waals surface area (Å²) >= 11 is 1.52. The summed E-state index contributed by atoms with van der Waals surface area (Å²) in [7, 11) is 1.98. The lowest BCUT2D eigenvalue weighted by Crippen LogP contribution is -1.88. The summed E-state index contributed by atoms with van der Waals surface area (Å²) in [4.78, 5) is 10.8. The minimum Gasteiger partial charge on any atom is -0.297 e. The number of thiophene rings is 1. The molecule has 0 radical (unpaired) electrons. The average molecular weight is 124 g/mol. The van der Waals surface area contributed by atoms with Crippen molar-refractivity contribution in [3.63, 3.8) is 0 Å². The average Bonchev–Trinajstić information content (AvgIpc) is 2.14. The molecule has 0 saturated carbocycles. The Morgan fingerprint density at radius 1 is 1.62 bits per heavy atom. The maximum atomic E-state index is 10.0. The fourth-order valence-corrected chi connectivity index (χ4v) is 1.21. The summed E-state index contributed by atoms with van der Waals surface area (Å²) in [5, 5.41) is 0. The summed E-state index contributed by atoms with van der Waals surface area (Å²) in [5.41, 5.74) is 0. The molecule has 1 aromatic rings. The molecule has 1 heterocycles. The molecule has 0 atom stereocenters. The molecule has 0 amide bonds. The zero-order valence-electron chi connectivity index (χ0n) is 4.55. The second-order valence-electron chi connectivity index (χ2n) is 1.57. The third-order valence-corrected chi connectivity index (χ3v) is 1.80. The van der Waals surface area contributed by atoms with Crippen LogP contribution in [0.2, 0.25) is 0 Å². The summed E-state index contributed by atoms with van der Waals surface area (Å²) in [6.45, 7) is 0. The SMILES string of the molecule is Bc1ccc(C=O)s1. The van der Waals surface area contributed by atoms with Crippen LogP contribution in [0.3, 0.4) is 0 Å². The number of carbonyl (C=O) groups is 1. The van der Waals surface area contributed by atoms with Crippen LogP contribution in [-0.4, -0.2) is 14.1 Å². The summed E-state index contributed by atoms with van der Waals surface area (Å²) in [6.07, 6.45) is 0.873. The molecule has 1 rings (SSSR count). The summed E-state index contributed by atoms with van der Waals surface area (Å²) in [6, 6.07) is 3.77. The third kappa shape index (κ3) is 0.982. The van der Waals surface area contributed by atoms with E-state index in [2.05, 4.69) is 0 Å². The zero-order valence-corrected chi connectivity index (χ0v) is 5.37. The van der Waals surface area contributed by atoms with Gasteiger partial charge in [-0.25, -0.2) is 0 Å². The molecule has 40 valence electrons. The molecular weight excluding hydrogens is 119 g/mol. The van der Waals surface area contributed by atoms with E-state index in [0.717, 1.165) is 11.2 Å². The molecule has 8 heavy (non-hydrogen) atoms. The quantitative estimate of drug-likeness (QED) is 0.375. The van der Waals surface area contributed by atoms with Gasteiger partial charge in [-0.3, -0.25) is 4.79 Å². The molecular formula is C5H5BOS. The van der Waals surface area contributed by atoms with Gasteiger partial charge >= 0.3 is 0 Å². The Morgan fingerprint density at radius 3 is 2.62 bits per heavy atom. The van der Waals surface area contributed by atoms with E-state index in [0.29, 0.717) is 0 Å². The smallest absolute Gasteiger partial charge is 0.159 e. The Balaban J connectivity index is 3.00. The predicted octanol–water partition coefficient (Wildman–Crippen LogP) is -0.181. The Bertz CT molecular complexity index is 194. The Labute approximate surface area is 52.8 Å². The van der Waals surface area contributed by atoms with E-state index >= 15 is 0 Å². The van der Waals surface area contributed by atoms with Crippen molar-refractivity contribution in [3.05, 3.63) is 17.0 Å². The predicted molar refractivity (Wildman–Crippen MR) is 37.9 cm³/mol. The number of hydrogen-bond donors (Lipinski definition) is 0. The van der Waals surface area contributed by atoms with Crippen LogP contribution in [0, 0.1) is 0 Å². The molecule has 0 aliphatic rings. The normalized spacial score (nSPS) is 9.00. The topological polar surface area (TPSA) is 17.1 Å².